The molecular weight excluding hydrogens is 148 g/mol. The normalized spacial score (nSPS) is 11.8. The summed E-state index contributed by atoms with van der Waals surface area (Å²) < 4.78 is 0. The summed E-state index contributed by atoms with van der Waals surface area (Å²) in [5, 5.41) is 0. The largest absolute Gasteiger partial charge is 0.324 e. The molecule has 0 aliphatic rings. The third-order valence-electron chi connectivity index (χ3n) is 1.23. The molecule has 0 fully saturated rings. The second kappa shape index (κ2) is 4.25. The number of halogens is 1. The number of nitrogens with zero attached hydrogens (tertiary/aromatic N) is 1. The zero-order valence-electron chi connectivity index (χ0n) is 5.82. The predicted octanol–water partition coefficient (Wildman–Crippen LogP) is 1.52. The van der Waals surface area contributed by atoms with E-state index in [0.717, 1.165) is 5.56 Å². The van der Waals surface area contributed by atoms with Gasteiger partial charge in [-0.3, -0.25) is 4.98 Å². The molecular formula is C7H11ClN2. The van der Waals surface area contributed by atoms with Crippen LogP contribution in [0.25, 0.3) is 0 Å². The molecule has 2 N–H and O–H groups in total. The van der Waals surface area contributed by atoms with E-state index in [2.05, 4.69) is 4.98 Å². The molecule has 0 aliphatic carbocycles. The first-order valence-corrected chi connectivity index (χ1v) is 2.96. The molecule has 0 aromatic carbocycles. The van der Waals surface area contributed by atoms with Crippen molar-refractivity contribution < 1.29 is 0 Å². The SMILES string of the molecule is CC(N)c1ccncc1.Cl. The van der Waals surface area contributed by atoms with Crippen LogP contribution in [-0.2, 0) is 0 Å². The number of pyridine rings is 1. The molecule has 2 nitrogen and oxygen atoms in total. The van der Waals surface area contributed by atoms with E-state index in [-0.39, 0.29) is 18.4 Å². The van der Waals surface area contributed by atoms with Crippen molar-refractivity contribution in [3.05, 3.63) is 30.1 Å². The molecule has 0 radical (unpaired) electrons. The summed E-state index contributed by atoms with van der Waals surface area (Å²) in [5.41, 5.74) is 6.72. The highest BCUT2D eigenvalue weighted by Gasteiger charge is 1.94. The Balaban J connectivity index is 0.000000810. The molecule has 0 aliphatic heterocycles. The van der Waals surface area contributed by atoms with Crippen molar-refractivity contribution in [2.24, 2.45) is 5.73 Å². The van der Waals surface area contributed by atoms with Crippen LogP contribution in [0.15, 0.2) is 24.5 Å². The summed E-state index contributed by atoms with van der Waals surface area (Å²) in [5.74, 6) is 0. The maximum Gasteiger partial charge on any atom is 0.0271 e. The number of aromatic nitrogens is 1. The maximum absolute atomic E-state index is 5.59. The van der Waals surface area contributed by atoms with Crippen LogP contribution in [0.4, 0.5) is 0 Å². The highest BCUT2D eigenvalue weighted by molar-refractivity contribution is 5.85. The van der Waals surface area contributed by atoms with Crippen molar-refractivity contribution in [2.45, 2.75) is 13.0 Å². The molecule has 1 aromatic heterocycles. The Hall–Kier alpha value is -0.600. The van der Waals surface area contributed by atoms with Gasteiger partial charge >= 0.3 is 0 Å². The van der Waals surface area contributed by atoms with Gasteiger partial charge in [0.05, 0.1) is 0 Å². The van der Waals surface area contributed by atoms with E-state index >= 15 is 0 Å². The molecule has 1 rings (SSSR count). The fourth-order valence-corrected chi connectivity index (χ4v) is 0.667. The zero-order valence-corrected chi connectivity index (χ0v) is 6.64. The van der Waals surface area contributed by atoms with Gasteiger partial charge in [0.25, 0.3) is 0 Å². The first-order valence-electron chi connectivity index (χ1n) is 2.96. The van der Waals surface area contributed by atoms with E-state index in [9.17, 15) is 0 Å². The molecule has 1 heterocycles. The lowest BCUT2D eigenvalue weighted by molar-refractivity contribution is 0.815. The van der Waals surface area contributed by atoms with Crippen LogP contribution >= 0.6 is 12.4 Å². The molecule has 1 unspecified atom stereocenters. The highest BCUT2D eigenvalue weighted by atomic mass is 35.5. The van der Waals surface area contributed by atoms with Gasteiger partial charge in [-0.2, -0.15) is 0 Å². The Morgan fingerprint density at radius 3 is 2.20 bits per heavy atom. The lowest BCUT2D eigenvalue weighted by Crippen LogP contribution is -2.04. The van der Waals surface area contributed by atoms with Crippen molar-refractivity contribution in [3.63, 3.8) is 0 Å². The Morgan fingerprint density at radius 2 is 1.90 bits per heavy atom. The zero-order chi connectivity index (χ0) is 6.69. The van der Waals surface area contributed by atoms with Crippen molar-refractivity contribution in [2.75, 3.05) is 0 Å². The third kappa shape index (κ3) is 2.33. The number of hydrogen-bond acceptors (Lipinski definition) is 2. The smallest absolute Gasteiger partial charge is 0.0271 e. The molecule has 3 heteroatoms. The van der Waals surface area contributed by atoms with Crippen molar-refractivity contribution >= 4 is 12.4 Å². The summed E-state index contributed by atoms with van der Waals surface area (Å²) in [7, 11) is 0. The molecule has 10 heavy (non-hydrogen) atoms. The number of rotatable bonds is 1. The van der Waals surface area contributed by atoms with E-state index in [0.29, 0.717) is 0 Å². The second-order valence-corrected chi connectivity index (χ2v) is 2.07. The van der Waals surface area contributed by atoms with Crippen LogP contribution in [0, 0.1) is 0 Å². The van der Waals surface area contributed by atoms with Crippen LogP contribution in [0.3, 0.4) is 0 Å². The van der Waals surface area contributed by atoms with Crippen molar-refractivity contribution in [1.29, 1.82) is 0 Å². The minimum absolute atomic E-state index is 0. The van der Waals surface area contributed by atoms with Gasteiger partial charge in [0.2, 0.25) is 0 Å². The van der Waals surface area contributed by atoms with Gasteiger partial charge in [-0.15, -0.1) is 12.4 Å². The van der Waals surface area contributed by atoms with Crippen LogP contribution in [-0.4, -0.2) is 4.98 Å². The number of nitrogens with two attached hydrogens (primary N) is 1. The van der Waals surface area contributed by atoms with E-state index in [1.165, 1.54) is 0 Å². The summed E-state index contributed by atoms with van der Waals surface area (Å²) in [6, 6.07) is 3.96. The van der Waals surface area contributed by atoms with Crippen LogP contribution in [0.1, 0.15) is 18.5 Å². The van der Waals surface area contributed by atoms with Crippen LogP contribution in [0.2, 0.25) is 0 Å². The van der Waals surface area contributed by atoms with Crippen molar-refractivity contribution in [3.8, 4) is 0 Å². The first-order chi connectivity index (χ1) is 4.30. The monoisotopic (exact) mass is 158 g/mol. The fourth-order valence-electron chi connectivity index (χ4n) is 0.667. The van der Waals surface area contributed by atoms with Crippen LogP contribution in [0.5, 0.6) is 0 Å². The second-order valence-electron chi connectivity index (χ2n) is 2.07. The highest BCUT2D eigenvalue weighted by Crippen LogP contribution is 2.05. The fraction of sp³-hybridized carbons (Fsp3) is 0.286. The summed E-state index contributed by atoms with van der Waals surface area (Å²) >= 11 is 0. The van der Waals surface area contributed by atoms with E-state index < -0.39 is 0 Å². The summed E-state index contributed by atoms with van der Waals surface area (Å²) in [6.45, 7) is 1.95. The summed E-state index contributed by atoms with van der Waals surface area (Å²) in [6.07, 6.45) is 3.50. The molecule has 0 spiro atoms. The van der Waals surface area contributed by atoms with E-state index in [4.69, 9.17) is 5.73 Å². The maximum atomic E-state index is 5.59. The molecule has 56 valence electrons. The molecule has 1 atom stereocenters. The Bertz CT molecular complexity index is 174. The minimum Gasteiger partial charge on any atom is -0.324 e. The molecule has 0 saturated heterocycles. The van der Waals surface area contributed by atoms with E-state index in [1.807, 2.05) is 19.1 Å². The number of hydrogen-bond donors (Lipinski definition) is 1. The first kappa shape index (κ1) is 9.40. The molecule has 0 saturated carbocycles. The van der Waals surface area contributed by atoms with Gasteiger partial charge in [0.15, 0.2) is 0 Å². The van der Waals surface area contributed by atoms with Gasteiger partial charge in [0.1, 0.15) is 0 Å². The third-order valence-corrected chi connectivity index (χ3v) is 1.23. The molecule has 0 bridgehead atoms. The standard InChI is InChI=1S/C7H10N2.ClH/c1-6(8)7-2-4-9-5-3-7;/h2-6H,8H2,1H3;1H. The quantitative estimate of drug-likeness (QED) is 0.673. The lowest BCUT2D eigenvalue weighted by Gasteiger charge is -2.01. The molecule has 1 aromatic rings. The predicted molar refractivity (Wildman–Crippen MR) is 44.1 cm³/mol. The van der Waals surface area contributed by atoms with Gasteiger partial charge in [-0.05, 0) is 24.6 Å². The van der Waals surface area contributed by atoms with Gasteiger partial charge < -0.3 is 5.73 Å². The van der Waals surface area contributed by atoms with Gasteiger partial charge in [-0.1, -0.05) is 0 Å². The van der Waals surface area contributed by atoms with Gasteiger partial charge in [0, 0.05) is 18.4 Å². The average Bonchev–Trinajstić information content (AvgIpc) is 1.90. The molecule has 0 amide bonds. The lowest BCUT2D eigenvalue weighted by atomic mass is 10.1. The Kier molecular flexibility index (Phi) is 4.00. The van der Waals surface area contributed by atoms with E-state index in [1.54, 1.807) is 12.4 Å². The average molecular weight is 159 g/mol. The summed E-state index contributed by atoms with van der Waals surface area (Å²) in [4.78, 5) is 3.87. The van der Waals surface area contributed by atoms with Crippen molar-refractivity contribution in [1.82, 2.24) is 4.98 Å². The van der Waals surface area contributed by atoms with Crippen LogP contribution < -0.4 is 5.73 Å². The Labute approximate surface area is 66.9 Å². The topological polar surface area (TPSA) is 38.9 Å². The van der Waals surface area contributed by atoms with Gasteiger partial charge in [-0.25, -0.2) is 0 Å². The Morgan fingerprint density at radius 1 is 1.40 bits per heavy atom. The minimum atomic E-state index is 0.